The summed E-state index contributed by atoms with van der Waals surface area (Å²) in [7, 11) is 1.77. The molecule has 0 aliphatic heterocycles. The Labute approximate surface area is 116 Å². The lowest BCUT2D eigenvalue weighted by Crippen LogP contribution is -2.38. The molecule has 3 heteroatoms. The highest BCUT2D eigenvalue weighted by atomic mass is 16.5. The van der Waals surface area contributed by atoms with Crippen molar-refractivity contribution in [3.05, 3.63) is 35.9 Å². The van der Waals surface area contributed by atoms with Gasteiger partial charge in [-0.05, 0) is 24.9 Å². The van der Waals surface area contributed by atoms with Crippen LogP contribution in [-0.4, -0.2) is 44.3 Å². The first kappa shape index (κ1) is 14.5. The molecule has 0 radical (unpaired) electrons. The molecule has 1 aromatic carbocycles. The van der Waals surface area contributed by atoms with Crippen LogP contribution in [0.4, 0.5) is 0 Å². The van der Waals surface area contributed by atoms with Gasteiger partial charge in [-0.25, -0.2) is 0 Å². The number of hydrogen-bond donors (Lipinski definition) is 1. The Hall–Kier alpha value is -0.900. The van der Waals surface area contributed by atoms with Crippen LogP contribution in [0.25, 0.3) is 0 Å². The lowest BCUT2D eigenvalue weighted by Gasteiger charge is -2.31. The van der Waals surface area contributed by atoms with Gasteiger partial charge in [0.25, 0.3) is 0 Å². The zero-order valence-electron chi connectivity index (χ0n) is 12.1. The molecule has 0 aromatic heterocycles. The van der Waals surface area contributed by atoms with E-state index in [1.165, 1.54) is 18.4 Å². The van der Waals surface area contributed by atoms with E-state index in [4.69, 9.17) is 4.74 Å². The van der Waals surface area contributed by atoms with Crippen LogP contribution >= 0.6 is 0 Å². The van der Waals surface area contributed by atoms with Crippen molar-refractivity contribution in [2.75, 3.05) is 33.4 Å². The first-order valence-corrected chi connectivity index (χ1v) is 7.36. The quantitative estimate of drug-likeness (QED) is 0.740. The Bertz CT molecular complexity index is 351. The van der Waals surface area contributed by atoms with Gasteiger partial charge >= 0.3 is 0 Å². The first-order valence-electron chi connectivity index (χ1n) is 7.36. The van der Waals surface area contributed by atoms with E-state index < -0.39 is 0 Å². The lowest BCUT2D eigenvalue weighted by molar-refractivity contribution is 0.122. The van der Waals surface area contributed by atoms with Crippen molar-refractivity contribution in [2.24, 2.45) is 0 Å². The van der Waals surface area contributed by atoms with Crippen molar-refractivity contribution in [1.29, 1.82) is 0 Å². The minimum absolute atomic E-state index is 0.446. The summed E-state index contributed by atoms with van der Waals surface area (Å²) in [6, 6.07) is 12.0. The molecule has 1 saturated carbocycles. The molecule has 1 aromatic rings. The van der Waals surface area contributed by atoms with Crippen LogP contribution in [0, 0.1) is 0 Å². The van der Waals surface area contributed by atoms with Gasteiger partial charge in [0.1, 0.15) is 0 Å². The van der Waals surface area contributed by atoms with Gasteiger partial charge in [0, 0.05) is 32.3 Å². The van der Waals surface area contributed by atoms with Crippen molar-refractivity contribution >= 4 is 0 Å². The summed E-state index contributed by atoms with van der Waals surface area (Å²) in [5.74, 6) is 0. The normalized spacial score (nSPS) is 16.8. The average Bonchev–Trinajstić information content (AvgIpc) is 3.27. The molecular formula is C16H26N2O. The maximum atomic E-state index is 5.24. The maximum absolute atomic E-state index is 5.24. The molecule has 0 amide bonds. The second-order valence-electron chi connectivity index (χ2n) is 5.23. The molecular weight excluding hydrogens is 236 g/mol. The number of rotatable bonds is 9. The van der Waals surface area contributed by atoms with E-state index in [9.17, 15) is 0 Å². The number of nitrogens with one attached hydrogen (secondary N) is 1. The standard InChI is InChI=1S/C16H26N2O/c1-3-18(11-12-19-2)16(13-17-15-9-10-15)14-7-5-4-6-8-14/h4-8,15-17H,3,9-13H2,1-2H3. The highest BCUT2D eigenvalue weighted by Gasteiger charge is 2.24. The summed E-state index contributed by atoms with van der Waals surface area (Å²) in [5, 5.41) is 3.66. The molecule has 1 unspecified atom stereocenters. The minimum atomic E-state index is 0.446. The van der Waals surface area contributed by atoms with Crippen LogP contribution < -0.4 is 5.32 Å². The molecule has 106 valence electrons. The Kier molecular flexibility index (Phi) is 5.83. The molecule has 19 heavy (non-hydrogen) atoms. The number of hydrogen-bond acceptors (Lipinski definition) is 3. The fraction of sp³-hybridized carbons (Fsp3) is 0.625. The van der Waals surface area contributed by atoms with Gasteiger partial charge in [-0.2, -0.15) is 0 Å². The first-order chi connectivity index (χ1) is 9.35. The summed E-state index contributed by atoms with van der Waals surface area (Å²) < 4.78 is 5.24. The van der Waals surface area contributed by atoms with Crippen molar-refractivity contribution in [2.45, 2.75) is 31.8 Å². The molecule has 1 atom stereocenters. The Morgan fingerprint density at radius 3 is 2.63 bits per heavy atom. The second kappa shape index (κ2) is 7.63. The van der Waals surface area contributed by atoms with E-state index in [1.807, 2.05) is 0 Å². The molecule has 0 saturated heterocycles. The van der Waals surface area contributed by atoms with E-state index in [-0.39, 0.29) is 0 Å². The number of nitrogens with zero attached hydrogens (tertiary/aromatic N) is 1. The Balaban J connectivity index is 2.02. The molecule has 1 fully saturated rings. The van der Waals surface area contributed by atoms with Crippen LogP contribution in [0.1, 0.15) is 31.4 Å². The summed E-state index contributed by atoms with van der Waals surface area (Å²) in [6.07, 6.45) is 2.68. The number of ether oxygens (including phenoxy) is 1. The predicted molar refractivity (Wildman–Crippen MR) is 79.3 cm³/mol. The maximum Gasteiger partial charge on any atom is 0.0589 e. The van der Waals surface area contributed by atoms with Gasteiger partial charge < -0.3 is 10.1 Å². The third kappa shape index (κ3) is 4.60. The molecule has 2 rings (SSSR count). The minimum Gasteiger partial charge on any atom is -0.383 e. The molecule has 0 spiro atoms. The van der Waals surface area contributed by atoms with Crippen molar-refractivity contribution in [3.63, 3.8) is 0 Å². The van der Waals surface area contributed by atoms with Crippen molar-refractivity contribution in [1.82, 2.24) is 10.2 Å². The molecule has 0 heterocycles. The van der Waals surface area contributed by atoms with Crippen molar-refractivity contribution < 1.29 is 4.74 Å². The van der Waals surface area contributed by atoms with Crippen LogP contribution in [0.3, 0.4) is 0 Å². The van der Waals surface area contributed by atoms with Crippen LogP contribution in [-0.2, 0) is 4.74 Å². The van der Waals surface area contributed by atoms with Gasteiger partial charge in [-0.3, -0.25) is 4.90 Å². The summed E-state index contributed by atoms with van der Waals surface area (Å²) >= 11 is 0. The SMILES string of the molecule is CCN(CCOC)C(CNC1CC1)c1ccccc1. The van der Waals surface area contributed by atoms with Gasteiger partial charge in [0.2, 0.25) is 0 Å². The number of likely N-dealkylation sites (N-methyl/N-ethyl adjacent to an activating group) is 1. The fourth-order valence-corrected chi connectivity index (χ4v) is 2.44. The van der Waals surface area contributed by atoms with Gasteiger partial charge in [0.05, 0.1) is 6.61 Å². The van der Waals surface area contributed by atoms with Crippen LogP contribution in [0.15, 0.2) is 30.3 Å². The molecule has 1 aliphatic rings. The van der Waals surface area contributed by atoms with E-state index in [2.05, 4.69) is 47.5 Å². The number of benzene rings is 1. The van der Waals surface area contributed by atoms with Gasteiger partial charge in [0.15, 0.2) is 0 Å². The smallest absolute Gasteiger partial charge is 0.0589 e. The van der Waals surface area contributed by atoms with E-state index in [0.29, 0.717) is 6.04 Å². The third-order valence-corrected chi connectivity index (χ3v) is 3.79. The van der Waals surface area contributed by atoms with Gasteiger partial charge in [-0.15, -0.1) is 0 Å². The zero-order chi connectivity index (χ0) is 13.5. The van der Waals surface area contributed by atoms with E-state index in [1.54, 1.807) is 7.11 Å². The van der Waals surface area contributed by atoms with E-state index >= 15 is 0 Å². The Morgan fingerprint density at radius 1 is 1.32 bits per heavy atom. The van der Waals surface area contributed by atoms with Crippen LogP contribution in [0.5, 0.6) is 0 Å². The topological polar surface area (TPSA) is 24.5 Å². The fourth-order valence-electron chi connectivity index (χ4n) is 2.44. The molecule has 3 nitrogen and oxygen atoms in total. The summed E-state index contributed by atoms with van der Waals surface area (Å²) in [4.78, 5) is 2.49. The van der Waals surface area contributed by atoms with Gasteiger partial charge in [-0.1, -0.05) is 37.3 Å². The second-order valence-corrected chi connectivity index (χ2v) is 5.23. The summed E-state index contributed by atoms with van der Waals surface area (Å²) in [5.41, 5.74) is 1.40. The average molecular weight is 262 g/mol. The highest BCUT2D eigenvalue weighted by molar-refractivity contribution is 5.19. The monoisotopic (exact) mass is 262 g/mol. The highest BCUT2D eigenvalue weighted by Crippen LogP contribution is 2.23. The molecule has 0 bridgehead atoms. The number of methoxy groups -OCH3 is 1. The molecule has 1 aliphatic carbocycles. The summed E-state index contributed by atoms with van der Waals surface area (Å²) in [6.45, 7) is 6.09. The third-order valence-electron chi connectivity index (χ3n) is 3.79. The van der Waals surface area contributed by atoms with Crippen molar-refractivity contribution in [3.8, 4) is 0 Å². The predicted octanol–water partition coefficient (Wildman–Crippen LogP) is 2.45. The molecule has 1 N–H and O–H groups in total. The Morgan fingerprint density at radius 2 is 2.05 bits per heavy atom. The van der Waals surface area contributed by atoms with E-state index in [0.717, 1.165) is 32.3 Å². The zero-order valence-corrected chi connectivity index (χ0v) is 12.1. The van der Waals surface area contributed by atoms with Crippen LogP contribution in [0.2, 0.25) is 0 Å². The lowest BCUT2D eigenvalue weighted by atomic mass is 10.1. The largest absolute Gasteiger partial charge is 0.383 e.